The Bertz CT molecular complexity index is 137. The molecule has 0 fully saturated rings. The highest BCUT2D eigenvalue weighted by molar-refractivity contribution is 9.11. The van der Waals surface area contributed by atoms with Crippen LogP contribution in [0.15, 0.2) is 20.6 Å². The van der Waals surface area contributed by atoms with Crippen molar-refractivity contribution in [3.8, 4) is 0 Å². The van der Waals surface area contributed by atoms with Gasteiger partial charge in [0.05, 0.1) is 5.70 Å². The number of hydrogen-bond acceptors (Lipinski definition) is 2. The van der Waals surface area contributed by atoms with E-state index in [1.165, 1.54) is 0 Å². The first-order chi connectivity index (χ1) is 3.30. The third-order valence-electron chi connectivity index (χ3n) is 0.626. The summed E-state index contributed by atoms with van der Waals surface area (Å²) in [6.45, 7) is 1.84. The van der Waals surface area contributed by atoms with Crippen LogP contribution >= 0.6 is 15.9 Å². The molecule has 0 unspecified atom stereocenters. The molecule has 37 valence electrons. The fourth-order valence-corrected chi connectivity index (χ4v) is 0.393. The molecule has 0 atom stereocenters. The summed E-state index contributed by atoms with van der Waals surface area (Å²) < 4.78 is 0.729. The summed E-state index contributed by atoms with van der Waals surface area (Å²) in [5.41, 5.74) is 4.41. The molecular weight excluding hydrogens is 158 g/mol. The van der Waals surface area contributed by atoms with E-state index < -0.39 is 0 Å². The molecule has 1 aliphatic rings. The summed E-state index contributed by atoms with van der Waals surface area (Å²) in [5, 5.41) is 6.98. The molecule has 0 amide bonds. The third-order valence-corrected chi connectivity index (χ3v) is 1.36. The molecule has 0 aromatic carbocycles. The molecule has 1 aliphatic heterocycles. The average Bonchev–Trinajstić information content (AvgIpc) is 1.91. The van der Waals surface area contributed by atoms with Crippen molar-refractivity contribution in [3.05, 3.63) is 10.3 Å². The van der Waals surface area contributed by atoms with Crippen LogP contribution in [-0.2, 0) is 0 Å². The van der Waals surface area contributed by atoms with E-state index in [0.717, 1.165) is 10.3 Å². The van der Waals surface area contributed by atoms with Gasteiger partial charge < -0.3 is 0 Å². The Balaban J connectivity index is 2.79. The fourth-order valence-electron chi connectivity index (χ4n) is 0.242. The second-order valence-corrected chi connectivity index (χ2v) is 1.92. The zero-order chi connectivity index (χ0) is 5.28. The van der Waals surface area contributed by atoms with Crippen LogP contribution in [-0.4, -0.2) is 0 Å². The highest BCUT2D eigenvalue weighted by Crippen LogP contribution is 2.15. The molecule has 0 aromatic rings. The Morgan fingerprint density at radius 2 is 2.29 bits per heavy atom. The lowest BCUT2D eigenvalue weighted by atomic mass is 10.6. The smallest absolute Gasteiger partial charge is 0.133 e. The first-order valence-electron chi connectivity index (χ1n) is 1.79. The van der Waals surface area contributed by atoms with Crippen LogP contribution < -0.4 is 5.43 Å². The maximum Gasteiger partial charge on any atom is 0.153 e. The van der Waals surface area contributed by atoms with Crippen LogP contribution in [0.4, 0.5) is 0 Å². The molecule has 0 saturated heterocycles. The standard InChI is InChI=1S/C3H3BrN3/c1-2-3(4)6-7-5-2/h1H3. The maximum atomic E-state index is 3.61. The Hall–Kier alpha value is -0.380. The van der Waals surface area contributed by atoms with Crippen molar-refractivity contribution < 1.29 is 0 Å². The average molecular weight is 161 g/mol. The number of rotatable bonds is 0. The molecule has 0 saturated carbocycles. The lowest BCUT2D eigenvalue weighted by Crippen LogP contribution is -1.80. The summed E-state index contributed by atoms with van der Waals surface area (Å²) in [6, 6.07) is 0. The number of halogens is 1. The minimum absolute atomic E-state index is 0.729. The second kappa shape index (κ2) is 1.61. The Kier molecular flexibility index (Phi) is 1.10. The van der Waals surface area contributed by atoms with Crippen LogP contribution in [0.1, 0.15) is 6.92 Å². The molecule has 4 heteroatoms. The van der Waals surface area contributed by atoms with Crippen molar-refractivity contribution in [2.24, 2.45) is 10.3 Å². The molecule has 1 heterocycles. The molecule has 0 N–H and O–H groups in total. The van der Waals surface area contributed by atoms with Crippen LogP contribution in [0.2, 0.25) is 0 Å². The highest BCUT2D eigenvalue weighted by Gasteiger charge is 2.02. The van der Waals surface area contributed by atoms with Gasteiger partial charge in [-0.05, 0) is 28.1 Å². The van der Waals surface area contributed by atoms with Gasteiger partial charge in [-0.2, -0.15) is 0 Å². The maximum absolute atomic E-state index is 3.61. The van der Waals surface area contributed by atoms with E-state index in [1.54, 1.807) is 0 Å². The molecule has 3 nitrogen and oxygen atoms in total. The molecular formula is C3H3BrN3. The summed E-state index contributed by atoms with van der Waals surface area (Å²) >= 11 is 3.13. The lowest BCUT2D eigenvalue weighted by Gasteiger charge is -1.78. The van der Waals surface area contributed by atoms with Crippen molar-refractivity contribution in [1.29, 1.82) is 0 Å². The predicted molar refractivity (Wildman–Crippen MR) is 28.6 cm³/mol. The van der Waals surface area contributed by atoms with E-state index in [0.29, 0.717) is 0 Å². The number of nitrogens with zero attached hydrogens (tertiary/aromatic N) is 3. The largest absolute Gasteiger partial charge is 0.153 e. The van der Waals surface area contributed by atoms with Gasteiger partial charge in [0.25, 0.3) is 0 Å². The highest BCUT2D eigenvalue weighted by atomic mass is 79.9. The molecule has 0 aromatic heterocycles. The Morgan fingerprint density at radius 1 is 1.57 bits per heavy atom. The molecule has 0 bridgehead atoms. The van der Waals surface area contributed by atoms with Crippen molar-refractivity contribution in [2.45, 2.75) is 6.92 Å². The first-order valence-corrected chi connectivity index (χ1v) is 2.58. The quantitative estimate of drug-likeness (QED) is 0.483. The van der Waals surface area contributed by atoms with Crippen LogP contribution in [0.3, 0.4) is 0 Å². The van der Waals surface area contributed by atoms with Crippen molar-refractivity contribution in [2.75, 3.05) is 0 Å². The number of allylic oxidation sites excluding steroid dienone is 1. The van der Waals surface area contributed by atoms with E-state index >= 15 is 0 Å². The normalized spacial score (nSPS) is 18.0. The summed E-state index contributed by atoms with van der Waals surface area (Å²) in [7, 11) is 0. The number of hydrogen-bond donors (Lipinski definition) is 0. The van der Waals surface area contributed by atoms with Crippen molar-refractivity contribution >= 4 is 15.9 Å². The molecule has 0 spiro atoms. The van der Waals surface area contributed by atoms with Gasteiger partial charge in [-0.3, -0.25) is 0 Å². The zero-order valence-corrected chi connectivity index (χ0v) is 5.31. The van der Waals surface area contributed by atoms with Gasteiger partial charge in [0.2, 0.25) is 0 Å². The van der Waals surface area contributed by atoms with Crippen molar-refractivity contribution in [3.63, 3.8) is 0 Å². The van der Waals surface area contributed by atoms with E-state index in [1.807, 2.05) is 6.92 Å². The third kappa shape index (κ3) is 0.796. The molecule has 1 rings (SSSR count). The Morgan fingerprint density at radius 3 is 2.43 bits per heavy atom. The molecule has 7 heavy (non-hydrogen) atoms. The van der Waals surface area contributed by atoms with Crippen LogP contribution in [0.25, 0.3) is 0 Å². The van der Waals surface area contributed by atoms with E-state index in [9.17, 15) is 0 Å². The molecule has 1 radical (unpaired) electrons. The predicted octanol–water partition coefficient (Wildman–Crippen LogP) is 1.56. The minimum atomic E-state index is 0.729. The summed E-state index contributed by atoms with van der Waals surface area (Å²) in [4.78, 5) is 0. The van der Waals surface area contributed by atoms with Gasteiger partial charge in [-0.25, -0.2) is 0 Å². The van der Waals surface area contributed by atoms with Gasteiger partial charge in [0.15, 0.2) is 4.61 Å². The lowest BCUT2D eigenvalue weighted by molar-refractivity contribution is 0.895. The van der Waals surface area contributed by atoms with E-state index in [-0.39, 0.29) is 0 Å². The van der Waals surface area contributed by atoms with Gasteiger partial charge in [-0.15, -0.1) is 10.5 Å². The topological polar surface area (TPSA) is 38.8 Å². The van der Waals surface area contributed by atoms with Gasteiger partial charge in [0, 0.05) is 0 Å². The molecule has 0 aliphatic carbocycles. The van der Waals surface area contributed by atoms with Crippen LogP contribution in [0.5, 0.6) is 0 Å². The monoisotopic (exact) mass is 160 g/mol. The fraction of sp³-hybridized carbons (Fsp3) is 0.333. The van der Waals surface area contributed by atoms with Gasteiger partial charge in [-0.1, -0.05) is 0 Å². The SMILES string of the molecule is CC1=C(Br)[N]N=N1. The minimum Gasteiger partial charge on any atom is -0.133 e. The van der Waals surface area contributed by atoms with E-state index in [4.69, 9.17) is 0 Å². The van der Waals surface area contributed by atoms with Crippen LogP contribution in [0, 0.1) is 0 Å². The Labute approximate surface area is 49.6 Å². The zero-order valence-electron chi connectivity index (χ0n) is 3.72. The second-order valence-electron chi connectivity index (χ2n) is 1.17. The first kappa shape index (κ1) is 4.77. The van der Waals surface area contributed by atoms with Crippen molar-refractivity contribution in [1.82, 2.24) is 5.43 Å². The van der Waals surface area contributed by atoms with Gasteiger partial charge in [0.1, 0.15) is 0 Å². The summed E-state index contributed by atoms with van der Waals surface area (Å²) in [6.07, 6.45) is 0. The van der Waals surface area contributed by atoms with Gasteiger partial charge >= 0.3 is 0 Å². The van der Waals surface area contributed by atoms with E-state index in [2.05, 4.69) is 31.7 Å². The summed E-state index contributed by atoms with van der Waals surface area (Å²) in [5.74, 6) is 0.